The van der Waals surface area contributed by atoms with Crippen LogP contribution < -0.4 is 4.74 Å². The van der Waals surface area contributed by atoms with Crippen LogP contribution in [0.3, 0.4) is 0 Å². The van der Waals surface area contributed by atoms with Crippen LogP contribution in [0, 0.1) is 6.92 Å². The number of sulfone groups is 1. The van der Waals surface area contributed by atoms with Crippen molar-refractivity contribution in [1.82, 2.24) is 4.90 Å². The first-order chi connectivity index (χ1) is 10.0. The quantitative estimate of drug-likeness (QED) is 0.792. The van der Waals surface area contributed by atoms with E-state index in [9.17, 15) is 13.2 Å². The molecule has 7 heteroatoms. The molecule has 0 aliphatic heterocycles. The van der Waals surface area contributed by atoms with Crippen molar-refractivity contribution in [3.8, 4) is 5.75 Å². The zero-order chi connectivity index (χ0) is 17.1. The molecule has 1 rings (SSSR count). The van der Waals surface area contributed by atoms with Crippen molar-refractivity contribution in [3.63, 3.8) is 0 Å². The molecule has 0 aromatic heterocycles. The van der Waals surface area contributed by atoms with Gasteiger partial charge < -0.3 is 9.64 Å². The van der Waals surface area contributed by atoms with E-state index in [-0.39, 0.29) is 11.7 Å². The Balaban J connectivity index is 2.75. The highest BCUT2D eigenvalue weighted by atomic mass is 35.5. The summed E-state index contributed by atoms with van der Waals surface area (Å²) in [7, 11) is -1.57. The summed E-state index contributed by atoms with van der Waals surface area (Å²) >= 11 is 5.88. The van der Waals surface area contributed by atoms with Gasteiger partial charge in [0, 0.05) is 24.4 Å². The number of aryl methyl sites for hydroxylation is 1. The lowest BCUT2D eigenvalue weighted by Gasteiger charge is -2.27. The largest absolute Gasteiger partial charge is 0.481 e. The van der Waals surface area contributed by atoms with Crippen LogP contribution in [0.25, 0.3) is 0 Å². The van der Waals surface area contributed by atoms with Crippen LogP contribution in [-0.4, -0.2) is 50.4 Å². The molecule has 1 aromatic carbocycles. The fraction of sp³-hybridized carbons (Fsp3) is 0.533. The lowest BCUT2D eigenvalue weighted by molar-refractivity contribution is -0.138. The van der Waals surface area contributed by atoms with Crippen LogP contribution >= 0.6 is 11.6 Å². The van der Waals surface area contributed by atoms with Crippen LogP contribution in [0.1, 0.15) is 19.4 Å². The molecule has 22 heavy (non-hydrogen) atoms. The number of amides is 1. The molecule has 0 N–H and O–H groups in total. The summed E-state index contributed by atoms with van der Waals surface area (Å²) in [6, 6.07) is 4.74. The van der Waals surface area contributed by atoms with Crippen molar-refractivity contribution < 1.29 is 17.9 Å². The second-order valence-electron chi connectivity index (χ2n) is 5.56. The number of carbonyl (C=O) groups is 1. The molecule has 0 heterocycles. The number of likely N-dealkylation sites (N-methyl/N-ethyl adjacent to an activating group) is 1. The summed E-state index contributed by atoms with van der Waals surface area (Å²) in [5.74, 6) is 0.224. The summed E-state index contributed by atoms with van der Waals surface area (Å²) in [5, 5.41) is 0.600. The minimum atomic E-state index is -3.15. The van der Waals surface area contributed by atoms with Gasteiger partial charge >= 0.3 is 0 Å². The maximum atomic E-state index is 12.3. The third kappa shape index (κ3) is 5.50. The molecule has 5 nitrogen and oxygen atoms in total. The highest BCUT2D eigenvalue weighted by Gasteiger charge is 2.25. The summed E-state index contributed by atoms with van der Waals surface area (Å²) in [5.41, 5.74) is 0.832. The van der Waals surface area contributed by atoms with Gasteiger partial charge in [-0.05, 0) is 44.5 Å². The van der Waals surface area contributed by atoms with Crippen LogP contribution in [-0.2, 0) is 14.6 Å². The number of hydrogen-bond donors (Lipinski definition) is 0. The number of ether oxygens (including phenoxy) is 1. The molecule has 0 saturated heterocycles. The SMILES string of the molecule is Cc1cc(Cl)ccc1O[C@H](C)C(=O)N(C)[C@@H](C)CS(C)(=O)=O. The van der Waals surface area contributed by atoms with E-state index in [0.717, 1.165) is 11.8 Å². The smallest absolute Gasteiger partial charge is 0.263 e. The summed E-state index contributed by atoms with van der Waals surface area (Å²) < 4.78 is 28.3. The lowest BCUT2D eigenvalue weighted by atomic mass is 10.2. The molecule has 0 aliphatic carbocycles. The first-order valence-electron chi connectivity index (χ1n) is 6.88. The fourth-order valence-corrected chi connectivity index (χ4v) is 3.37. The highest BCUT2D eigenvalue weighted by Crippen LogP contribution is 2.23. The van der Waals surface area contributed by atoms with Crippen LogP contribution in [0.4, 0.5) is 0 Å². The van der Waals surface area contributed by atoms with Crippen molar-refractivity contribution in [1.29, 1.82) is 0 Å². The molecule has 1 aromatic rings. The van der Waals surface area contributed by atoms with Gasteiger partial charge in [-0.2, -0.15) is 0 Å². The number of hydrogen-bond acceptors (Lipinski definition) is 4. The van der Waals surface area contributed by atoms with E-state index in [2.05, 4.69) is 0 Å². The summed E-state index contributed by atoms with van der Waals surface area (Å²) in [6.45, 7) is 5.17. The van der Waals surface area contributed by atoms with E-state index in [4.69, 9.17) is 16.3 Å². The van der Waals surface area contributed by atoms with Gasteiger partial charge in [-0.25, -0.2) is 8.42 Å². The number of carbonyl (C=O) groups excluding carboxylic acids is 1. The molecular formula is C15H22ClNO4S. The Labute approximate surface area is 137 Å². The topological polar surface area (TPSA) is 63.7 Å². The predicted octanol–water partition coefficient (Wildman–Crippen LogP) is 2.31. The van der Waals surface area contributed by atoms with Gasteiger partial charge in [-0.1, -0.05) is 11.6 Å². The Morgan fingerprint density at radius 1 is 1.36 bits per heavy atom. The zero-order valence-electron chi connectivity index (χ0n) is 13.5. The Kier molecular flexibility index (Phi) is 6.26. The van der Waals surface area contributed by atoms with Gasteiger partial charge in [-0.15, -0.1) is 0 Å². The zero-order valence-corrected chi connectivity index (χ0v) is 15.0. The van der Waals surface area contributed by atoms with Gasteiger partial charge in [0.05, 0.1) is 5.75 Å². The molecule has 0 saturated carbocycles. The molecule has 0 bridgehead atoms. The van der Waals surface area contributed by atoms with Gasteiger partial charge in [0.2, 0.25) is 0 Å². The molecular weight excluding hydrogens is 326 g/mol. The average molecular weight is 348 g/mol. The monoisotopic (exact) mass is 347 g/mol. The average Bonchev–Trinajstić information content (AvgIpc) is 2.38. The van der Waals surface area contributed by atoms with E-state index in [0.29, 0.717) is 10.8 Å². The number of nitrogens with zero attached hydrogens (tertiary/aromatic N) is 1. The molecule has 0 radical (unpaired) electrons. The van der Waals surface area contributed by atoms with Crippen LogP contribution in [0.2, 0.25) is 5.02 Å². The maximum Gasteiger partial charge on any atom is 0.263 e. The van der Waals surface area contributed by atoms with Crippen LogP contribution in [0.5, 0.6) is 5.75 Å². The second kappa shape index (κ2) is 7.33. The molecule has 2 atom stereocenters. The third-order valence-electron chi connectivity index (χ3n) is 3.34. The normalized spacial score (nSPS) is 14.3. The molecule has 0 unspecified atom stereocenters. The van der Waals surface area contributed by atoms with Crippen LogP contribution in [0.15, 0.2) is 18.2 Å². The van der Waals surface area contributed by atoms with Gasteiger partial charge in [0.15, 0.2) is 6.10 Å². The summed E-state index contributed by atoms with van der Waals surface area (Å²) in [6.07, 6.45) is 0.436. The van der Waals surface area contributed by atoms with Crippen molar-refractivity contribution in [2.75, 3.05) is 19.1 Å². The highest BCUT2D eigenvalue weighted by molar-refractivity contribution is 7.90. The van der Waals surface area contributed by atoms with E-state index in [1.165, 1.54) is 4.90 Å². The minimum Gasteiger partial charge on any atom is -0.481 e. The first-order valence-corrected chi connectivity index (χ1v) is 9.32. The van der Waals surface area contributed by atoms with E-state index >= 15 is 0 Å². The maximum absolute atomic E-state index is 12.3. The standard InChI is InChI=1S/C15H22ClNO4S/c1-10-8-13(16)6-7-14(10)21-12(3)15(18)17(4)11(2)9-22(5,19)20/h6-8,11-12H,9H2,1-5H3/t11-,12+/m0/s1. The number of rotatable bonds is 6. The lowest BCUT2D eigenvalue weighted by Crippen LogP contribution is -2.45. The number of halogens is 1. The van der Waals surface area contributed by atoms with Gasteiger partial charge in [0.1, 0.15) is 15.6 Å². The predicted molar refractivity (Wildman–Crippen MR) is 88.2 cm³/mol. The molecule has 0 spiro atoms. The fourth-order valence-electron chi connectivity index (χ4n) is 2.04. The van der Waals surface area contributed by atoms with E-state index in [1.54, 1.807) is 39.1 Å². The van der Waals surface area contributed by atoms with Crippen molar-refractivity contribution in [2.24, 2.45) is 0 Å². The van der Waals surface area contributed by atoms with Gasteiger partial charge in [-0.3, -0.25) is 4.79 Å². The summed E-state index contributed by atoms with van der Waals surface area (Å²) in [4.78, 5) is 13.7. The molecule has 1 amide bonds. The number of benzene rings is 1. The second-order valence-corrected chi connectivity index (χ2v) is 8.18. The van der Waals surface area contributed by atoms with Crippen molar-refractivity contribution >= 4 is 27.3 Å². The van der Waals surface area contributed by atoms with E-state index in [1.807, 2.05) is 6.92 Å². The first kappa shape index (κ1) is 18.8. The Hall–Kier alpha value is -1.27. The minimum absolute atomic E-state index is 0.0814. The van der Waals surface area contributed by atoms with Gasteiger partial charge in [0.25, 0.3) is 5.91 Å². The van der Waals surface area contributed by atoms with E-state index < -0.39 is 22.0 Å². The molecule has 0 fully saturated rings. The Morgan fingerprint density at radius 2 is 1.95 bits per heavy atom. The third-order valence-corrected chi connectivity index (χ3v) is 4.66. The Morgan fingerprint density at radius 3 is 2.45 bits per heavy atom. The van der Waals surface area contributed by atoms with Crippen molar-refractivity contribution in [2.45, 2.75) is 32.9 Å². The molecule has 124 valence electrons. The van der Waals surface area contributed by atoms with Crippen molar-refractivity contribution in [3.05, 3.63) is 28.8 Å². The Bertz CT molecular complexity index is 645. The molecule has 0 aliphatic rings.